The Hall–Kier alpha value is -0.161. The molecule has 2 aromatic carbocycles. The van der Waals surface area contributed by atoms with Crippen LogP contribution < -0.4 is 0 Å². The van der Waals surface area contributed by atoms with E-state index < -0.39 is 0 Å². The Morgan fingerprint density at radius 2 is 0.879 bits per heavy atom. The molecule has 10 radical (unpaired) electrons. The van der Waals surface area contributed by atoms with Crippen molar-refractivity contribution in [3.63, 3.8) is 0 Å². The van der Waals surface area contributed by atoms with Crippen LogP contribution in [0, 0.1) is 60.0 Å². The van der Waals surface area contributed by atoms with E-state index in [-0.39, 0.29) is 17.1 Å². The predicted molar refractivity (Wildman–Crippen MR) is 142 cm³/mol. The van der Waals surface area contributed by atoms with Crippen molar-refractivity contribution in [1.29, 1.82) is 0 Å². The van der Waals surface area contributed by atoms with Crippen LogP contribution in [0.1, 0.15) is 23.2 Å². The fraction of sp³-hybridized carbons (Fsp3) is 0.214. The van der Waals surface area contributed by atoms with Gasteiger partial charge in [-0.05, 0) is 77.8 Å². The molecule has 2 aromatic rings. The van der Waals surface area contributed by atoms with E-state index in [2.05, 4.69) is 169 Å². The molecule has 174 valence electrons. The molecule has 0 aliphatic heterocycles. The first-order valence-corrected chi connectivity index (χ1v) is 12.2. The Bertz CT molecular complexity index is 719. The van der Waals surface area contributed by atoms with Crippen LogP contribution in [0.25, 0.3) is 0 Å². The molecule has 0 unspecified atom stereocenters. The largest absolute Gasteiger partial charge is 0.302 e. The third kappa shape index (κ3) is 7.92. The third-order valence-corrected chi connectivity index (χ3v) is 6.89. The summed E-state index contributed by atoms with van der Waals surface area (Å²) in [6.45, 7) is 0. The van der Waals surface area contributed by atoms with Gasteiger partial charge in [-0.15, -0.1) is 0 Å². The molecular formula is C28H30Br2FeN2. The first kappa shape index (κ1) is 29.1. The molecule has 2 nitrogen and oxygen atoms in total. The monoisotopic (exact) mass is 608 g/mol. The second-order valence-electron chi connectivity index (χ2n) is 8.21. The Balaban J connectivity index is 0.000000227. The van der Waals surface area contributed by atoms with Gasteiger partial charge in [0, 0.05) is 41.0 Å². The van der Waals surface area contributed by atoms with E-state index in [1.165, 1.54) is 32.6 Å². The summed E-state index contributed by atoms with van der Waals surface area (Å²) in [5.41, 5.74) is 2.64. The number of hydrogen-bond donors (Lipinski definition) is 0. The van der Waals surface area contributed by atoms with Gasteiger partial charge in [-0.2, -0.15) is 0 Å². The smallest absolute Gasteiger partial charge is 0.0538 e. The minimum absolute atomic E-state index is 0. The van der Waals surface area contributed by atoms with E-state index in [0.29, 0.717) is 12.1 Å². The van der Waals surface area contributed by atoms with Gasteiger partial charge in [-0.1, -0.05) is 92.5 Å². The molecule has 2 aliphatic rings. The second-order valence-corrected chi connectivity index (χ2v) is 9.92. The number of hydrogen-bond acceptors (Lipinski definition) is 2. The molecule has 33 heavy (non-hydrogen) atoms. The van der Waals surface area contributed by atoms with Crippen molar-refractivity contribution >= 4 is 31.9 Å². The maximum atomic E-state index is 3.61. The van der Waals surface area contributed by atoms with Crippen LogP contribution in [0.15, 0.2) is 60.7 Å². The van der Waals surface area contributed by atoms with Crippen LogP contribution in [0.3, 0.4) is 0 Å². The Morgan fingerprint density at radius 1 is 0.545 bits per heavy atom. The molecule has 0 amide bonds. The van der Waals surface area contributed by atoms with Gasteiger partial charge in [-0.3, -0.25) is 0 Å². The van der Waals surface area contributed by atoms with E-state index in [9.17, 15) is 0 Å². The molecule has 4 rings (SSSR count). The van der Waals surface area contributed by atoms with Gasteiger partial charge in [0.2, 0.25) is 0 Å². The number of benzene rings is 2. The van der Waals surface area contributed by atoms with E-state index in [4.69, 9.17) is 0 Å². The quantitative estimate of drug-likeness (QED) is 0.331. The molecular weight excluding hydrogens is 580 g/mol. The Morgan fingerprint density at radius 3 is 1.12 bits per heavy atom. The van der Waals surface area contributed by atoms with Crippen molar-refractivity contribution in [3.05, 3.63) is 132 Å². The van der Waals surface area contributed by atoms with Crippen molar-refractivity contribution in [1.82, 2.24) is 9.80 Å². The van der Waals surface area contributed by atoms with Crippen LogP contribution >= 0.6 is 31.9 Å². The molecule has 0 heterocycles. The van der Waals surface area contributed by atoms with Crippen LogP contribution in [0.4, 0.5) is 0 Å². The van der Waals surface area contributed by atoms with Gasteiger partial charge in [0.25, 0.3) is 0 Å². The zero-order chi connectivity index (χ0) is 23.1. The Kier molecular flexibility index (Phi) is 12.7. The molecule has 0 saturated heterocycles. The molecule has 2 atom stereocenters. The molecule has 0 aromatic heterocycles. The third-order valence-electron chi connectivity index (χ3n) is 5.44. The van der Waals surface area contributed by atoms with E-state index in [0.717, 1.165) is 0 Å². The zero-order valence-corrected chi connectivity index (χ0v) is 23.7. The fourth-order valence-electron chi connectivity index (χ4n) is 4.05. The maximum Gasteiger partial charge on any atom is 0.0538 e. The number of rotatable bonds is 6. The normalized spacial score (nSPS) is 19.9. The summed E-state index contributed by atoms with van der Waals surface area (Å²) in [7, 11) is 8.43. The van der Waals surface area contributed by atoms with Gasteiger partial charge in [0.1, 0.15) is 0 Å². The van der Waals surface area contributed by atoms with Crippen molar-refractivity contribution in [3.8, 4) is 0 Å². The first-order chi connectivity index (χ1) is 15.4. The zero-order valence-electron chi connectivity index (χ0n) is 19.4. The Labute approximate surface area is 229 Å². The standard InChI is InChI=1S/2C14H15BrN.Fe/c2*1-16(2)14(11-7-4-3-5-8-11)12-9-6-10-13(12)15;/h2*3-10,14H,1-2H3;/t2*14-;/m11./s1. The predicted octanol–water partition coefficient (Wildman–Crippen LogP) is 6.83. The molecule has 2 aliphatic carbocycles. The molecule has 2 fully saturated rings. The average molecular weight is 610 g/mol. The topological polar surface area (TPSA) is 6.48 Å². The van der Waals surface area contributed by atoms with Crippen molar-refractivity contribution in [2.45, 2.75) is 12.1 Å². The molecule has 0 bridgehead atoms. The molecule has 5 heteroatoms. The van der Waals surface area contributed by atoms with Gasteiger partial charge < -0.3 is 9.80 Å². The second kappa shape index (κ2) is 14.4. The van der Waals surface area contributed by atoms with Crippen LogP contribution in [0.2, 0.25) is 0 Å². The summed E-state index contributed by atoms with van der Waals surface area (Å²) in [4.78, 5) is 6.82. The van der Waals surface area contributed by atoms with Crippen LogP contribution in [-0.4, -0.2) is 38.0 Å². The summed E-state index contributed by atoms with van der Waals surface area (Å²) in [6, 6.07) is 21.8. The van der Waals surface area contributed by atoms with E-state index in [1.807, 2.05) is 0 Å². The van der Waals surface area contributed by atoms with E-state index >= 15 is 0 Å². The number of halogens is 2. The van der Waals surface area contributed by atoms with Crippen molar-refractivity contribution in [2.75, 3.05) is 28.2 Å². The van der Waals surface area contributed by atoms with Crippen molar-refractivity contribution < 1.29 is 17.1 Å². The maximum absolute atomic E-state index is 3.61. The number of nitrogens with zero attached hydrogens (tertiary/aromatic N) is 2. The summed E-state index contributed by atoms with van der Waals surface area (Å²) in [5.74, 6) is 2.63. The average Bonchev–Trinajstić information content (AvgIpc) is 3.39. The summed E-state index contributed by atoms with van der Waals surface area (Å²) in [5, 5.41) is 0. The minimum Gasteiger partial charge on any atom is -0.302 e. The van der Waals surface area contributed by atoms with Gasteiger partial charge in [0.05, 0.1) is 9.65 Å². The van der Waals surface area contributed by atoms with E-state index in [1.54, 1.807) is 0 Å². The van der Waals surface area contributed by atoms with Gasteiger partial charge in [-0.25, -0.2) is 0 Å². The van der Waals surface area contributed by atoms with Crippen LogP contribution in [0.5, 0.6) is 0 Å². The minimum atomic E-state index is 0. The molecule has 0 N–H and O–H groups in total. The molecule has 0 spiro atoms. The summed E-state index contributed by atoms with van der Waals surface area (Å²) in [6.07, 6.45) is 12.7. The van der Waals surface area contributed by atoms with Crippen LogP contribution in [-0.2, 0) is 17.1 Å². The van der Waals surface area contributed by atoms with Gasteiger partial charge in [0.15, 0.2) is 0 Å². The first-order valence-electron chi connectivity index (χ1n) is 10.6. The van der Waals surface area contributed by atoms with Crippen molar-refractivity contribution in [2.24, 2.45) is 0 Å². The fourth-order valence-corrected chi connectivity index (χ4v) is 5.05. The van der Waals surface area contributed by atoms with Gasteiger partial charge >= 0.3 is 0 Å². The SMILES string of the molecule is CN(C)[C@@H]([C]1[CH][CH][CH][C]1Br)c1ccccc1.CN(C)[C@@H]([C]1[CH][CH][CH][C]1Br)c1ccccc1.[Fe]. The summed E-state index contributed by atoms with van der Waals surface area (Å²) < 4.78 is 0. The molecule has 2 saturated carbocycles. The summed E-state index contributed by atoms with van der Waals surface area (Å²) >= 11 is 7.21.